The van der Waals surface area contributed by atoms with Crippen molar-refractivity contribution in [2.24, 2.45) is 0 Å². The van der Waals surface area contributed by atoms with Gasteiger partial charge in [-0.3, -0.25) is 14.4 Å². The molecule has 2 aromatic rings. The van der Waals surface area contributed by atoms with Gasteiger partial charge in [-0.05, 0) is 25.1 Å². The second-order valence-corrected chi connectivity index (χ2v) is 7.60. The normalized spacial score (nSPS) is 17.8. The van der Waals surface area contributed by atoms with Gasteiger partial charge in [-0.1, -0.05) is 35.9 Å². The molecule has 164 valence electrons. The van der Waals surface area contributed by atoms with Crippen molar-refractivity contribution in [1.29, 1.82) is 0 Å². The van der Waals surface area contributed by atoms with Gasteiger partial charge in [0.1, 0.15) is 11.9 Å². The zero-order valence-electron chi connectivity index (χ0n) is 18.0. The standard InChI is InChI=1S/C24H27NO6/c1-16-9-10-21(18(11-16)12-22(26)29-2)31-20-13-19(14-23(27)30-3)25(15-20)24(28)17-7-5-4-6-8-17/h4-11,19-20H,12-15H2,1-3H3. The second kappa shape index (κ2) is 10.1. The lowest BCUT2D eigenvalue weighted by molar-refractivity contribution is -0.142. The fraction of sp³-hybridized carbons (Fsp3) is 0.375. The summed E-state index contributed by atoms with van der Waals surface area (Å²) in [6.07, 6.45) is 0.358. The van der Waals surface area contributed by atoms with Crippen molar-refractivity contribution in [3.63, 3.8) is 0 Å². The van der Waals surface area contributed by atoms with Crippen molar-refractivity contribution < 1.29 is 28.6 Å². The SMILES string of the molecule is COC(=O)Cc1cc(C)ccc1OC1CC(CC(=O)OC)N(C(=O)c2ccccc2)C1. The first-order valence-electron chi connectivity index (χ1n) is 10.2. The molecule has 7 nitrogen and oxygen atoms in total. The Labute approximate surface area is 181 Å². The van der Waals surface area contributed by atoms with Crippen LogP contribution in [0.15, 0.2) is 48.5 Å². The first-order chi connectivity index (χ1) is 14.9. The molecule has 0 aromatic heterocycles. The molecule has 1 amide bonds. The highest BCUT2D eigenvalue weighted by Gasteiger charge is 2.38. The number of benzene rings is 2. The fourth-order valence-corrected chi connectivity index (χ4v) is 3.79. The summed E-state index contributed by atoms with van der Waals surface area (Å²) in [4.78, 5) is 38.5. The summed E-state index contributed by atoms with van der Waals surface area (Å²) in [5, 5.41) is 0. The maximum absolute atomic E-state index is 13.1. The minimum Gasteiger partial charge on any atom is -0.488 e. The molecule has 0 saturated carbocycles. The highest BCUT2D eigenvalue weighted by atomic mass is 16.5. The number of hydrogen-bond donors (Lipinski definition) is 0. The number of esters is 2. The predicted octanol–water partition coefficient (Wildman–Crippen LogP) is 2.94. The second-order valence-electron chi connectivity index (χ2n) is 7.60. The van der Waals surface area contributed by atoms with Crippen molar-refractivity contribution in [2.45, 2.75) is 38.3 Å². The summed E-state index contributed by atoms with van der Waals surface area (Å²) in [6, 6.07) is 14.2. The van der Waals surface area contributed by atoms with E-state index >= 15 is 0 Å². The van der Waals surface area contributed by atoms with E-state index < -0.39 is 0 Å². The quantitative estimate of drug-likeness (QED) is 0.635. The molecule has 0 N–H and O–H groups in total. The molecule has 0 aliphatic carbocycles. The van der Waals surface area contributed by atoms with Crippen LogP contribution in [-0.4, -0.2) is 55.7 Å². The van der Waals surface area contributed by atoms with Crippen LogP contribution >= 0.6 is 0 Å². The van der Waals surface area contributed by atoms with Crippen LogP contribution in [0.3, 0.4) is 0 Å². The molecular weight excluding hydrogens is 398 g/mol. The van der Waals surface area contributed by atoms with Crippen molar-refractivity contribution in [3.8, 4) is 5.75 Å². The number of methoxy groups -OCH3 is 2. The molecule has 7 heteroatoms. The number of carbonyl (C=O) groups is 3. The smallest absolute Gasteiger partial charge is 0.310 e. The van der Waals surface area contributed by atoms with E-state index in [4.69, 9.17) is 14.2 Å². The van der Waals surface area contributed by atoms with Gasteiger partial charge in [0.25, 0.3) is 5.91 Å². The molecule has 1 fully saturated rings. The highest BCUT2D eigenvalue weighted by Crippen LogP contribution is 2.29. The third-order valence-electron chi connectivity index (χ3n) is 5.36. The number of likely N-dealkylation sites (tertiary alicyclic amines) is 1. The minimum atomic E-state index is -0.377. The highest BCUT2D eigenvalue weighted by molar-refractivity contribution is 5.95. The van der Waals surface area contributed by atoms with E-state index in [1.54, 1.807) is 29.2 Å². The minimum absolute atomic E-state index is 0.0951. The molecule has 31 heavy (non-hydrogen) atoms. The Bertz CT molecular complexity index is 942. The van der Waals surface area contributed by atoms with Gasteiger partial charge < -0.3 is 19.1 Å². The van der Waals surface area contributed by atoms with Crippen LogP contribution < -0.4 is 4.74 Å². The zero-order valence-corrected chi connectivity index (χ0v) is 18.0. The van der Waals surface area contributed by atoms with E-state index in [2.05, 4.69) is 0 Å². The van der Waals surface area contributed by atoms with Crippen molar-refractivity contribution in [1.82, 2.24) is 4.90 Å². The maximum atomic E-state index is 13.1. The number of rotatable bonds is 7. The molecule has 1 heterocycles. The first-order valence-corrected chi connectivity index (χ1v) is 10.2. The van der Waals surface area contributed by atoms with Crippen LogP contribution in [0.1, 0.15) is 34.3 Å². The van der Waals surface area contributed by atoms with E-state index in [9.17, 15) is 14.4 Å². The van der Waals surface area contributed by atoms with E-state index in [0.29, 0.717) is 24.3 Å². The Morgan fingerprint density at radius 2 is 1.71 bits per heavy atom. The Balaban J connectivity index is 1.80. The average molecular weight is 425 g/mol. The van der Waals surface area contributed by atoms with Gasteiger partial charge in [-0.25, -0.2) is 0 Å². The Morgan fingerprint density at radius 3 is 2.39 bits per heavy atom. The molecule has 0 radical (unpaired) electrons. The molecule has 2 aromatic carbocycles. The first kappa shape index (κ1) is 22.3. The van der Waals surface area contributed by atoms with E-state index in [1.165, 1.54) is 14.2 Å². The average Bonchev–Trinajstić information content (AvgIpc) is 3.17. The lowest BCUT2D eigenvalue weighted by Gasteiger charge is -2.23. The molecule has 1 aliphatic heterocycles. The summed E-state index contributed by atoms with van der Waals surface area (Å²) in [6.45, 7) is 2.27. The van der Waals surface area contributed by atoms with Crippen LogP contribution in [0.5, 0.6) is 5.75 Å². The molecule has 0 bridgehead atoms. The third-order valence-corrected chi connectivity index (χ3v) is 5.36. The van der Waals surface area contributed by atoms with Crippen LogP contribution in [-0.2, 0) is 25.5 Å². The van der Waals surface area contributed by atoms with E-state index in [0.717, 1.165) is 11.1 Å². The van der Waals surface area contributed by atoms with Gasteiger partial charge >= 0.3 is 11.9 Å². The molecule has 0 spiro atoms. The zero-order chi connectivity index (χ0) is 22.4. The Morgan fingerprint density at radius 1 is 1.00 bits per heavy atom. The molecular formula is C24H27NO6. The van der Waals surface area contributed by atoms with E-state index in [-0.39, 0.29) is 42.8 Å². The van der Waals surface area contributed by atoms with Gasteiger partial charge in [0.15, 0.2) is 0 Å². The summed E-state index contributed by atoms with van der Waals surface area (Å²) >= 11 is 0. The summed E-state index contributed by atoms with van der Waals surface area (Å²) in [7, 11) is 2.68. The number of aryl methyl sites for hydroxylation is 1. The van der Waals surface area contributed by atoms with Crippen LogP contribution in [0.25, 0.3) is 0 Å². The fourth-order valence-electron chi connectivity index (χ4n) is 3.79. The van der Waals surface area contributed by atoms with Crippen molar-refractivity contribution >= 4 is 17.8 Å². The van der Waals surface area contributed by atoms with Crippen molar-refractivity contribution in [2.75, 3.05) is 20.8 Å². The number of nitrogens with zero attached hydrogens (tertiary/aromatic N) is 1. The van der Waals surface area contributed by atoms with Crippen LogP contribution in [0.2, 0.25) is 0 Å². The Hall–Kier alpha value is -3.35. The summed E-state index contributed by atoms with van der Waals surface area (Å²) < 4.78 is 15.8. The van der Waals surface area contributed by atoms with Gasteiger partial charge in [0, 0.05) is 23.6 Å². The molecule has 3 rings (SSSR count). The largest absolute Gasteiger partial charge is 0.488 e. The van der Waals surface area contributed by atoms with Crippen LogP contribution in [0, 0.1) is 6.92 Å². The van der Waals surface area contributed by atoms with Gasteiger partial charge in [0.2, 0.25) is 0 Å². The monoisotopic (exact) mass is 425 g/mol. The molecule has 1 aliphatic rings. The number of carbonyl (C=O) groups excluding carboxylic acids is 3. The molecule has 2 unspecified atom stereocenters. The summed E-state index contributed by atoms with van der Waals surface area (Å²) in [5.41, 5.74) is 2.28. The lowest BCUT2D eigenvalue weighted by Crippen LogP contribution is -2.37. The van der Waals surface area contributed by atoms with Gasteiger partial charge in [-0.2, -0.15) is 0 Å². The van der Waals surface area contributed by atoms with Gasteiger partial charge in [0.05, 0.1) is 33.6 Å². The third kappa shape index (κ3) is 5.63. The van der Waals surface area contributed by atoms with Crippen LogP contribution in [0.4, 0.5) is 0 Å². The molecule has 2 atom stereocenters. The molecule has 1 saturated heterocycles. The van der Waals surface area contributed by atoms with Crippen molar-refractivity contribution in [3.05, 3.63) is 65.2 Å². The maximum Gasteiger partial charge on any atom is 0.310 e. The topological polar surface area (TPSA) is 82.1 Å². The lowest BCUT2D eigenvalue weighted by atomic mass is 10.1. The summed E-state index contributed by atoms with van der Waals surface area (Å²) in [5.74, 6) is -0.310. The predicted molar refractivity (Wildman–Crippen MR) is 114 cm³/mol. The number of amides is 1. The van der Waals surface area contributed by atoms with Gasteiger partial charge in [-0.15, -0.1) is 0 Å². The number of hydrogen-bond acceptors (Lipinski definition) is 6. The Kier molecular flexibility index (Phi) is 7.28. The van der Waals surface area contributed by atoms with E-state index in [1.807, 2.05) is 31.2 Å². The number of ether oxygens (including phenoxy) is 3.